The van der Waals surface area contributed by atoms with Crippen molar-refractivity contribution in [1.82, 2.24) is 10.2 Å². The van der Waals surface area contributed by atoms with Gasteiger partial charge < -0.3 is 9.64 Å². The fraction of sp³-hybridized carbons (Fsp3) is 0.562. The number of carbonyl (C=O) groups excluding carboxylic acids is 1. The first-order chi connectivity index (χ1) is 9.71. The molecule has 0 aromatic heterocycles. The first-order valence-corrected chi connectivity index (χ1v) is 7.35. The summed E-state index contributed by atoms with van der Waals surface area (Å²) in [7, 11) is 1.66. The summed E-state index contributed by atoms with van der Waals surface area (Å²) in [5.74, 6) is 0.175. The number of benzene rings is 1. The van der Waals surface area contributed by atoms with E-state index in [1.807, 2.05) is 11.8 Å². The van der Waals surface area contributed by atoms with Crippen LogP contribution in [0, 0.1) is 0 Å². The van der Waals surface area contributed by atoms with E-state index < -0.39 is 0 Å². The lowest BCUT2D eigenvalue weighted by atomic mass is 10.1. The molecule has 0 aliphatic carbocycles. The molecule has 0 saturated carbocycles. The summed E-state index contributed by atoms with van der Waals surface area (Å²) in [5, 5.41) is 3.42. The number of nitrogens with zero attached hydrogens (tertiary/aromatic N) is 1. The van der Waals surface area contributed by atoms with Gasteiger partial charge in [-0.05, 0) is 24.0 Å². The van der Waals surface area contributed by atoms with E-state index in [9.17, 15) is 4.79 Å². The summed E-state index contributed by atoms with van der Waals surface area (Å²) < 4.78 is 5.12. The Bertz CT molecular complexity index is 444. The number of rotatable bonds is 6. The van der Waals surface area contributed by atoms with Crippen LogP contribution >= 0.6 is 0 Å². The van der Waals surface area contributed by atoms with Crippen molar-refractivity contribution < 1.29 is 9.53 Å². The highest BCUT2D eigenvalue weighted by Gasteiger charge is 2.38. The van der Waals surface area contributed by atoms with Crippen molar-refractivity contribution in [3.8, 4) is 0 Å². The quantitative estimate of drug-likeness (QED) is 0.865. The van der Waals surface area contributed by atoms with E-state index in [0.717, 1.165) is 18.4 Å². The van der Waals surface area contributed by atoms with Gasteiger partial charge in [-0.2, -0.15) is 0 Å². The second-order valence-electron chi connectivity index (χ2n) is 5.15. The normalized spacial score (nSPS) is 22.6. The van der Waals surface area contributed by atoms with Crippen LogP contribution in [0.25, 0.3) is 0 Å². The highest BCUT2D eigenvalue weighted by Crippen LogP contribution is 2.26. The molecule has 1 aromatic rings. The molecule has 0 bridgehead atoms. The van der Waals surface area contributed by atoms with Crippen LogP contribution in [0.5, 0.6) is 0 Å². The molecule has 2 atom stereocenters. The highest BCUT2D eigenvalue weighted by atomic mass is 16.5. The van der Waals surface area contributed by atoms with Crippen LogP contribution in [-0.2, 0) is 16.0 Å². The topological polar surface area (TPSA) is 41.6 Å². The zero-order valence-electron chi connectivity index (χ0n) is 12.6. The minimum Gasteiger partial charge on any atom is -0.383 e. The number of methoxy groups -OCH3 is 1. The number of carbonyl (C=O) groups is 1. The molecular weight excluding hydrogens is 252 g/mol. The van der Waals surface area contributed by atoms with Crippen molar-refractivity contribution in [2.45, 2.75) is 38.9 Å². The molecule has 1 fully saturated rings. The van der Waals surface area contributed by atoms with E-state index >= 15 is 0 Å². The lowest BCUT2D eigenvalue weighted by Crippen LogP contribution is -2.33. The predicted molar refractivity (Wildman–Crippen MR) is 79.4 cm³/mol. The second kappa shape index (κ2) is 6.86. The molecule has 4 nitrogen and oxygen atoms in total. The van der Waals surface area contributed by atoms with E-state index in [4.69, 9.17) is 4.74 Å². The Morgan fingerprint density at radius 3 is 2.50 bits per heavy atom. The van der Waals surface area contributed by atoms with Gasteiger partial charge >= 0.3 is 0 Å². The standard InChI is InChI=1S/C16H24N2O2/c1-4-12-6-8-13(9-7-12)15-17-14(5-2)16(19)18(15)10-11-20-3/h6-9,14-15,17H,4-5,10-11H2,1-3H3. The summed E-state index contributed by atoms with van der Waals surface area (Å²) in [6, 6.07) is 8.41. The lowest BCUT2D eigenvalue weighted by Gasteiger charge is -2.24. The zero-order chi connectivity index (χ0) is 14.5. The molecule has 2 rings (SSSR count). The first kappa shape index (κ1) is 15.0. The van der Waals surface area contributed by atoms with Crippen molar-refractivity contribution in [2.75, 3.05) is 20.3 Å². The first-order valence-electron chi connectivity index (χ1n) is 7.35. The molecular formula is C16H24N2O2. The fourth-order valence-corrected chi connectivity index (χ4v) is 2.61. The van der Waals surface area contributed by atoms with Gasteiger partial charge in [0, 0.05) is 13.7 Å². The SMILES string of the molecule is CCc1ccc(C2NC(CC)C(=O)N2CCOC)cc1. The van der Waals surface area contributed by atoms with E-state index in [-0.39, 0.29) is 18.1 Å². The van der Waals surface area contributed by atoms with Crippen LogP contribution in [0.15, 0.2) is 24.3 Å². The minimum atomic E-state index is -0.0808. The largest absolute Gasteiger partial charge is 0.383 e. The van der Waals surface area contributed by atoms with Crippen LogP contribution in [0.4, 0.5) is 0 Å². The van der Waals surface area contributed by atoms with Crippen LogP contribution < -0.4 is 5.32 Å². The van der Waals surface area contributed by atoms with Gasteiger partial charge in [0.25, 0.3) is 0 Å². The number of ether oxygens (including phenoxy) is 1. The monoisotopic (exact) mass is 276 g/mol. The number of amides is 1. The minimum absolute atomic E-state index is 0.0338. The Morgan fingerprint density at radius 2 is 1.95 bits per heavy atom. The van der Waals surface area contributed by atoms with Gasteiger partial charge in [-0.1, -0.05) is 38.1 Å². The number of aryl methyl sites for hydroxylation is 1. The molecule has 1 N–H and O–H groups in total. The van der Waals surface area contributed by atoms with Crippen molar-refractivity contribution in [2.24, 2.45) is 0 Å². The molecule has 1 aliphatic rings. The summed E-state index contributed by atoms with van der Waals surface area (Å²) in [5.41, 5.74) is 2.45. The molecule has 1 saturated heterocycles. The van der Waals surface area contributed by atoms with E-state index in [1.165, 1.54) is 5.56 Å². The van der Waals surface area contributed by atoms with Gasteiger partial charge in [0.1, 0.15) is 6.17 Å². The average molecular weight is 276 g/mol. The van der Waals surface area contributed by atoms with Crippen LogP contribution in [0.2, 0.25) is 0 Å². The molecule has 110 valence electrons. The van der Waals surface area contributed by atoms with Crippen molar-refractivity contribution >= 4 is 5.91 Å². The third-order valence-corrected chi connectivity index (χ3v) is 3.90. The van der Waals surface area contributed by atoms with E-state index in [0.29, 0.717) is 13.2 Å². The third-order valence-electron chi connectivity index (χ3n) is 3.90. The van der Waals surface area contributed by atoms with Gasteiger partial charge in [-0.25, -0.2) is 0 Å². The molecule has 1 aliphatic heterocycles. The van der Waals surface area contributed by atoms with Gasteiger partial charge in [0.15, 0.2) is 0 Å². The summed E-state index contributed by atoms with van der Waals surface area (Å²) in [6.07, 6.45) is 1.81. The predicted octanol–water partition coefficient (Wildman–Crippen LogP) is 2.10. The van der Waals surface area contributed by atoms with E-state index in [1.54, 1.807) is 7.11 Å². The Labute approximate surface area is 121 Å². The molecule has 1 amide bonds. The summed E-state index contributed by atoms with van der Waals surface area (Å²) in [6.45, 7) is 5.36. The smallest absolute Gasteiger partial charge is 0.241 e. The number of hydrogen-bond donors (Lipinski definition) is 1. The summed E-state index contributed by atoms with van der Waals surface area (Å²) >= 11 is 0. The molecule has 4 heteroatoms. The van der Waals surface area contributed by atoms with Crippen molar-refractivity contribution in [3.63, 3.8) is 0 Å². The van der Waals surface area contributed by atoms with Crippen LogP contribution in [0.1, 0.15) is 37.6 Å². The van der Waals surface area contributed by atoms with Gasteiger partial charge in [-0.3, -0.25) is 10.1 Å². The lowest BCUT2D eigenvalue weighted by molar-refractivity contribution is -0.130. The summed E-state index contributed by atoms with van der Waals surface area (Å²) in [4.78, 5) is 14.2. The second-order valence-corrected chi connectivity index (χ2v) is 5.15. The Hall–Kier alpha value is -1.39. The van der Waals surface area contributed by atoms with Gasteiger partial charge in [0.05, 0.1) is 12.6 Å². The van der Waals surface area contributed by atoms with E-state index in [2.05, 4.69) is 36.5 Å². The maximum Gasteiger partial charge on any atom is 0.241 e. The molecule has 20 heavy (non-hydrogen) atoms. The molecule has 1 heterocycles. The van der Waals surface area contributed by atoms with Gasteiger partial charge in [0.2, 0.25) is 5.91 Å². The van der Waals surface area contributed by atoms with Crippen LogP contribution in [-0.4, -0.2) is 37.1 Å². The fourth-order valence-electron chi connectivity index (χ4n) is 2.61. The van der Waals surface area contributed by atoms with Gasteiger partial charge in [-0.15, -0.1) is 0 Å². The Morgan fingerprint density at radius 1 is 1.25 bits per heavy atom. The maximum absolute atomic E-state index is 12.4. The highest BCUT2D eigenvalue weighted by molar-refractivity contribution is 5.84. The van der Waals surface area contributed by atoms with Crippen LogP contribution in [0.3, 0.4) is 0 Å². The maximum atomic E-state index is 12.4. The molecule has 0 spiro atoms. The molecule has 1 aromatic carbocycles. The number of hydrogen-bond acceptors (Lipinski definition) is 3. The average Bonchev–Trinajstić information content (AvgIpc) is 2.81. The number of nitrogens with one attached hydrogen (secondary N) is 1. The molecule has 2 unspecified atom stereocenters. The Kier molecular flexibility index (Phi) is 5.15. The zero-order valence-corrected chi connectivity index (χ0v) is 12.6. The molecule has 0 radical (unpaired) electrons. The Balaban J connectivity index is 2.19. The van der Waals surface area contributed by atoms with Crippen molar-refractivity contribution in [1.29, 1.82) is 0 Å². The third kappa shape index (κ3) is 3.02. The van der Waals surface area contributed by atoms with Crippen molar-refractivity contribution in [3.05, 3.63) is 35.4 Å².